The lowest BCUT2D eigenvalue weighted by Crippen LogP contribution is -2.43. The Balaban J connectivity index is 0.000000380. The van der Waals surface area contributed by atoms with E-state index < -0.39 is 17.3 Å². The molecule has 0 spiro atoms. The first-order valence-electron chi connectivity index (χ1n) is 15.5. The van der Waals surface area contributed by atoms with Gasteiger partial charge in [0, 0.05) is 51.8 Å². The van der Waals surface area contributed by atoms with Gasteiger partial charge < -0.3 is 25.4 Å². The van der Waals surface area contributed by atoms with Gasteiger partial charge in [-0.15, -0.1) is 12.4 Å². The number of halogens is 3. The molecule has 10 nitrogen and oxygen atoms in total. The van der Waals surface area contributed by atoms with Crippen molar-refractivity contribution < 1.29 is 28.7 Å². The molecule has 2 aromatic rings. The SMILES string of the molecule is CC(C)(C)OC(=O)Nc1ccc(Cl)cc1C(=O)C1CCN(C(=O)OC(C)(C)C)CC1.Cl.Nc1ccc(Cl)cc1C(=O)C1CCNCC1. The van der Waals surface area contributed by atoms with Gasteiger partial charge in [-0.25, -0.2) is 9.59 Å². The van der Waals surface area contributed by atoms with Gasteiger partial charge in [0.1, 0.15) is 11.2 Å². The number of nitrogen functional groups attached to an aromatic ring is 1. The van der Waals surface area contributed by atoms with Gasteiger partial charge in [0.05, 0.1) is 5.69 Å². The second-order valence-electron chi connectivity index (χ2n) is 13.5. The van der Waals surface area contributed by atoms with E-state index in [0.29, 0.717) is 58.5 Å². The van der Waals surface area contributed by atoms with E-state index in [4.69, 9.17) is 38.4 Å². The number of rotatable bonds is 5. The highest BCUT2D eigenvalue weighted by Gasteiger charge is 2.32. The molecule has 47 heavy (non-hydrogen) atoms. The zero-order valence-corrected chi connectivity index (χ0v) is 30.2. The topological polar surface area (TPSA) is 140 Å². The molecule has 0 saturated carbocycles. The van der Waals surface area contributed by atoms with Gasteiger partial charge in [-0.2, -0.15) is 0 Å². The highest BCUT2D eigenvalue weighted by Crippen LogP contribution is 2.29. The first-order valence-corrected chi connectivity index (χ1v) is 16.3. The third-order valence-corrected chi connectivity index (χ3v) is 7.86. The van der Waals surface area contributed by atoms with Crippen LogP contribution in [0.5, 0.6) is 0 Å². The summed E-state index contributed by atoms with van der Waals surface area (Å²) in [6, 6.07) is 9.82. The number of ketones is 2. The van der Waals surface area contributed by atoms with Crippen molar-refractivity contribution in [3.8, 4) is 0 Å². The van der Waals surface area contributed by atoms with Crippen LogP contribution in [0.2, 0.25) is 10.0 Å². The third kappa shape index (κ3) is 12.8. The van der Waals surface area contributed by atoms with Crippen LogP contribution in [0, 0.1) is 11.8 Å². The number of nitrogens with one attached hydrogen (secondary N) is 2. The van der Waals surface area contributed by atoms with Crippen molar-refractivity contribution in [1.29, 1.82) is 0 Å². The first-order chi connectivity index (χ1) is 21.4. The quantitative estimate of drug-likeness (QED) is 0.209. The van der Waals surface area contributed by atoms with E-state index >= 15 is 0 Å². The molecule has 0 aliphatic carbocycles. The number of likely N-dealkylation sites (tertiary alicyclic amines) is 1. The number of carbonyl (C=O) groups excluding carboxylic acids is 4. The number of nitrogens with two attached hydrogens (primary N) is 1. The minimum atomic E-state index is -0.658. The Morgan fingerprint density at radius 2 is 1.28 bits per heavy atom. The number of anilines is 2. The van der Waals surface area contributed by atoms with Crippen LogP contribution in [0.4, 0.5) is 21.0 Å². The average molecular weight is 714 g/mol. The molecule has 2 saturated heterocycles. The predicted octanol–water partition coefficient (Wildman–Crippen LogP) is 8.04. The molecule has 0 aromatic heterocycles. The average Bonchev–Trinajstić information content (AvgIpc) is 2.97. The second-order valence-corrected chi connectivity index (χ2v) is 14.4. The zero-order chi connectivity index (χ0) is 34.2. The largest absolute Gasteiger partial charge is 0.444 e. The van der Waals surface area contributed by atoms with Crippen LogP contribution in [0.3, 0.4) is 0 Å². The van der Waals surface area contributed by atoms with Gasteiger partial charge in [-0.05, 0) is 117 Å². The van der Waals surface area contributed by atoms with Crippen LogP contribution in [-0.2, 0) is 9.47 Å². The van der Waals surface area contributed by atoms with Gasteiger partial charge in [-0.3, -0.25) is 14.9 Å². The normalized spacial score (nSPS) is 15.8. The molecule has 0 bridgehead atoms. The number of nitrogens with zero attached hydrogens (tertiary/aromatic N) is 1. The number of piperidine rings is 2. The minimum absolute atomic E-state index is 0. The summed E-state index contributed by atoms with van der Waals surface area (Å²) in [6.45, 7) is 13.4. The lowest BCUT2D eigenvalue weighted by molar-refractivity contribution is 0.0182. The van der Waals surface area contributed by atoms with E-state index in [1.807, 2.05) is 20.8 Å². The number of Topliss-reactive ketones (excluding diaryl/α,β-unsaturated/α-hetero) is 2. The van der Waals surface area contributed by atoms with Crippen molar-refractivity contribution in [3.63, 3.8) is 0 Å². The molecule has 2 heterocycles. The summed E-state index contributed by atoms with van der Waals surface area (Å²) >= 11 is 12.0. The summed E-state index contributed by atoms with van der Waals surface area (Å²) < 4.78 is 10.7. The maximum absolute atomic E-state index is 13.2. The Kier molecular flexibility index (Phi) is 14.8. The van der Waals surface area contributed by atoms with Crippen molar-refractivity contribution in [2.24, 2.45) is 11.8 Å². The van der Waals surface area contributed by atoms with Crippen LogP contribution in [0.15, 0.2) is 36.4 Å². The molecule has 2 fully saturated rings. The van der Waals surface area contributed by atoms with Gasteiger partial charge in [0.15, 0.2) is 11.6 Å². The number of amides is 2. The fourth-order valence-electron chi connectivity index (χ4n) is 5.16. The predicted molar refractivity (Wildman–Crippen MR) is 189 cm³/mol. The highest BCUT2D eigenvalue weighted by molar-refractivity contribution is 6.31. The van der Waals surface area contributed by atoms with Crippen molar-refractivity contribution in [2.45, 2.75) is 78.4 Å². The van der Waals surface area contributed by atoms with E-state index in [1.165, 1.54) is 0 Å². The number of hydrogen-bond donors (Lipinski definition) is 3. The zero-order valence-electron chi connectivity index (χ0n) is 27.9. The Hall–Kier alpha value is -3.05. The van der Waals surface area contributed by atoms with Crippen LogP contribution < -0.4 is 16.4 Å². The fourth-order valence-corrected chi connectivity index (χ4v) is 5.50. The second kappa shape index (κ2) is 17.4. The smallest absolute Gasteiger partial charge is 0.412 e. The van der Waals surface area contributed by atoms with Crippen molar-refractivity contribution in [2.75, 3.05) is 37.2 Å². The molecule has 4 N–H and O–H groups in total. The van der Waals surface area contributed by atoms with E-state index in [2.05, 4.69) is 10.6 Å². The molecule has 2 aromatic carbocycles. The molecular weight excluding hydrogens is 667 g/mol. The Morgan fingerprint density at radius 1 is 0.787 bits per heavy atom. The maximum Gasteiger partial charge on any atom is 0.412 e. The highest BCUT2D eigenvalue weighted by atomic mass is 35.5. The van der Waals surface area contributed by atoms with Gasteiger partial charge >= 0.3 is 12.2 Å². The lowest BCUT2D eigenvalue weighted by atomic mass is 9.88. The number of carbonyl (C=O) groups is 4. The molecule has 2 amide bonds. The molecule has 260 valence electrons. The summed E-state index contributed by atoms with van der Waals surface area (Å²) in [5.74, 6) is -0.183. The summed E-state index contributed by atoms with van der Waals surface area (Å²) in [5, 5.41) is 6.84. The monoisotopic (exact) mass is 712 g/mol. The first kappa shape index (κ1) is 40.1. The summed E-state index contributed by atoms with van der Waals surface area (Å²) in [6.07, 6.45) is 1.77. The summed E-state index contributed by atoms with van der Waals surface area (Å²) in [4.78, 5) is 51.4. The van der Waals surface area contributed by atoms with Crippen molar-refractivity contribution in [1.82, 2.24) is 10.2 Å². The van der Waals surface area contributed by atoms with Crippen LogP contribution in [0.25, 0.3) is 0 Å². The molecule has 2 aliphatic heterocycles. The molecule has 0 atom stereocenters. The van der Waals surface area contributed by atoms with Gasteiger partial charge in [-0.1, -0.05) is 23.2 Å². The maximum atomic E-state index is 13.2. The Labute approximate surface area is 293 Å². The number of hydrogen-bond acceptors (Lipinski definition) is 8. The Morgan fingerprint density at radius 3 is 1.83 bits per heavy atom. The summed E-state index contributed by atoms with van der Waals surface area (Å²) in [7, 11) is 0. The molecule has 0 radical (unpaired) electrons. The summed E-state index contributed by atoms with van der Waals surface area (Å²) in [5.41, 5.74) is 6.36. The fraction of sp³-hybridized carbons (Fsp3) is 0.529. The van der Waals surface area contributed by atoms with Crippen molar-refractivity contribution in [3.05, 3.63) is 57.6 Å². The van der Waals surface area contributed by atoms with Crippen LogP contribution in [-0.4, -0.2) is 66.0 Å². The lowest BCUT2D eigenvalue weighted by Gasteiger charge is -2.33. The molecule has 0 unspecified atom stereocenters. The van der Waals surface area contributed by atoms with Crippen molar-refractivity contribution >= 4 is 70.7 Å². The standard InChI is InChI=1S/C22H31ClN2O5.C12H15ClN2O.ClH/c1-21(2,3)29-19(27)24-17-8-7-15(23)13-16(17)18(26)14-9-11-25(12-10-14)20(28)30-22(4,5)6;13-9-1-2-11(14)10(7-9)12(16)8-3-5-15-6-4-8;/h7-8,13-14H,9-12H2,1-6H3,(H,24,27);1-2,7-8,15H,3-6,14H2;1H. The molecular formula is C34H47Cl3N4O6. The molecule has 13 heteroatoms. The van der Waals surface area contributed by atoms with E-state index in [9.17, 15) is 19.2 Å². The Bertz CT molecular complexity index is 1410. The van der Waals surface area contributed by atoms with E-state index in [-0.39, 0.29) is 41.9 Å². The van der Waals surface area contributed by atoms with E-state index in [1.54, 1.807) is 62.1 Å². The van der Waals surface area contributed by atoms with Crippen LogP contribution in [0.1, 0.15) is 87.9 Å². The van der Waals surface area contributed by atoms with Gasteiger partial charge in [0.2, 0.25) is 0 Å². The number of benzene rings is 2. The number of ether oxygens (including phenoxy) is 2. The van der Waals surface area contributed by atoms with Gasteiger partial charge in [0.25, 0.3) is 0 Å². The molecule has 4 rings (SSSR count). The van der Waals surface area contributed by atoms with E-state index in [0.717, 1.165) is 25.9 Å². The molecule has 2 aliphatic rings. The minimum Gasteiger partial charge on any atom is -0.444 e. The third-order valence-electron chi connectivity index (χ3n) is 7.39. The van der Waals surface area contributed by atoms with Crippen LogP contribution >= 0.6 is 35.6 Å².